The SMILES string of the molecule is CC(C)(c1ccc(Oc2ccc(NC(=O)[C@H]3CC3(C)C)cc2)cc1)c1ccc(Oc2ccc(NC(=O)[C@H]3CC3(C)C)cc2)cc1. The maximum absolute atomic E-state index is 12.4. The molecule has 6 rings (SSSR count). The number of carbonyl (C=O) groups is 2. The van der Waals surface area contributed by atoms with Crippen LogP contribution in [0.1, 0.15) is 65.5 Å². The van der Waals surface area contributed by atoms with Crippen molar-refractivity contribution in [1.82, 2.24) is 0 Å². The summed E-state index contributed by atoms with van der Waals surface area (Å²) in [5.74, 6) is 3.27. The first-order valence-electron chi connectivity index (χ1n) is 15.7. The number of amides is 2. The van der Waals surface area contributed by atoms with Gasteiger partial charge in [-0.15, -0.1) is 0 Å². The molecule has 2 saturated carbocycles. The van der Waals surface area contributed by atoms with Gasteiger partial charge in [0.25, 0.3) is 0 Å². The minimum atomic E-state index is -0.233. The van der Waals surface area contributed by atoms with Crippen LogP contribution in [0.3, 0.4) is 0 Å². The fraction of sp³-hybridized carbons (Fsp3) is 0.333. The fourth-order valence-corrected chi connectivity index (χ4v) is 5.82. The van der Waals surface area contributed by atoms with E-state index in [0.29, 0.717) is 11.5 Å². The third-order valence-corrected chi connectivity index (χ3v) is 9.53. The van der Waals surface area contributed by atoms with Crippen molar-refractivity contribution in [2.24, 2.45) is 22.7 Å². The van der Waals surface area contributed by atoms with Crippen molar-refractivity contribution in [3.05, 3.63) is 108 Å². The maximum Gasteiger partial charge on any atom is 0.228 e. The van der Waals surface area contributed by atoms with Crippen LogP contribution in [0.25, 0.3) is 0 Å². The van der Waals surface area contributed by atoms with Gasteiger partial charge in [-0.1, -0.05) is 65.8 Å². The van der Waals surface area contributed by atoms with Crippen LogP contribution in [0, 0.1) is 22.7 Å². The normalized spacial score (nSPS) is 19.2. The maximum atomic E-state index is 12.4. The topological polar surface area (TPSA) is 76.7 Å². The molecule has 2 fully saturated rings. The van der Waals surface area contributed by atoms with Gasteiger partial charge in [-0.05, 0) is 108 Å². The number of carbonyl (C=O) groups excluding carboxylic acids is 2. The smallest absolute Gasteiger partial charge is 0.228 e. The van der Waals surface area contributed by atoms with E-state index in [1.54, 1.807) is 0 Å². The van der Waals surface area contributed by atoms with E-state index in [2.05, 4.69) is 76.4 Å². The lowest BCUT2D eigenvalue weighted by atomic mass is 9.78. The molecule has 4 aromatic carbocycles. The fourth-order valence-electron chi connectivity index (χ4n) is 5.82. The predicted molar refractivity (Wildman–Crippen MR) is 179 cm³/mol. The molecule has 0 saturated heterocycles. The zero-order valence-corrected chi connectivity index (χ0v) is 26.9. The molecule has 0 unspecified atom stereocenters. The van der Waals surface area contributed by atoms with Crippen LogP contribution in [0.2, 0.25) is 0 Å². The third-order valence-electron chi connectivity index (χ3n) is 9.53. The van der Waals surface area contributed by atoms with E-state index in [4.69, 9.17) is 9.47 Å². The van der Waals surface area contributed by atoms with Crippen LogP contribution in [0.4, 0.5) is 11.4 Å². The molecule has 4 aromatic rings. The van der Waals surface area contributed by atoms with Gasteiger partial charge in [0.1, 0.15) is 23.0 Å². The average Bonchev–Trinajstić information content (AvgIpc) is 3.87. The quantitative estimate of drug-likeness (QED) is 0.190. The summed E-state index contributed by atoms with van der Waals surface area (Å²) < 4.78 is 12.1. The van der Waals surface area contributed by atoms with Crippen molar-refractivity contribution >= 4 is 23.2 Å². The van der Waals surface area contributed by atoms with E-state index in [-0.39, 0.29) is 39.9 Å². The summed E-state index contributed by atoms with van der Waals surface area (Å²) in [7, 11) is 0. The lowest BCUT2D eigenvalue weighted by Crippen LogP contribution is -2.18. The number of benzene rings is 4. The van der Waals surface area contributed by atoms with Crippen LogP contribution >= 0.6 is 0 Å². The van der Waals surface area contributed by atoms with E-state index < -0.39 is 0 Å². The number of rotatable bonds is 10. The van der Waals surface area contributed by atoms with Crippen LogP contribution < -0.4 is 20.1 Å². The molecule has 232 valence electrons. The number of hydrogen-bond acceptors (Lipinski definition) is 4. The largest absolute Gasteiger partial charge is 0.457 e. The number of anilines is 2. The Morgan fingerprint density at radius 1 is 0.556 bits per heavy atom. The molecule has 0 radical (unpaired) electrons. The molecule has 6 heteroatoms. The first-order chi connectivity index (χ1) is 21.3. The highest BCUT2D eigenvalue weighted by Gasteiger charge is 2.51. The second-order valence-corrected chi connectivity index (χ2v) is 14.4. The van der Waals surface area contributed by atoms with Crippen LogP contribution in [-0.4, -0.2) is 11.8 Å². The van der Waals surface area contributed by atoms with Crippen molar-refractivity contribution < 1.29 is 19.1 Å². The average molecular weight is 603 g/mol. The summed E-state index contributed by atoms with van der Waals surface area (Å²) in [6, 6.07) is 31.3. The third kappa shape index (κ3) is 6.90. The number of ether oxygens (including phenoxy) is 2. The Morgan fingerprint density at radius 3 is 1.09 bits per heavy atom. The molecule has 2 amide bonds. The predicted octanol–water partition coefficient (Wildman–Crippen LogP) is 9.57. The first kappa shape index (κ1) is 30.4. The summed E-state index contributed by atoms with van der Waals surface area (Å²) in [5, 5.41) is 6.01. The molecule has 0 spiro atoms. The summed E-state index contributed by atoms with van der Waals surface area (Å²) >= 11 is 0. The Morgan fingerprint density at radius 2 is 0.822 bits per heavy atom. The Hall–Kier alpha value is -4.58. The van der Waals surface area contributed by atoms with Crippen LogP contribution in [0.15, 0.2) is 97.1 Å². The molecule has 0 aromatic heterocycles. The highest BCUT2D eigenvalue weighted by atomic mass is 16.5. The monoisotopic (exact) mass is 602 g/mol. The van der Waals surface area contributed by atoms with Gasteiger partial charge in [-0.25, -0.2) is 0 Å². The van der Waals surface area contributed by atoms with Gasteiger partial charge in [0, 0.05) is 28.6 Å². The van der Waals surface area contributed by atoms with E-state index >= 15 is 0 Å². The molecule has 6 nitrogen and oxygen atoms in total. The summed E-state index contributed by atoms with van der Waals surface area (Å²) in [6.07, 6.45) is 1.87. The minimum Gasteiger partial charge on any atom is -0.457 e. The Bertz CT molecular complexity index is 1560. The second-order valence-electron chi connectivity index (χ2n) is 14.4. The molecule has 0 bridgehead atoms. The molecular formula is C39H42N2O4. The highest BCUT2D eigenvalue weighted by Crippen LogP contribution is 2.52. The summed E-state index contributed by atoms with van der Waals surface area (Å²) in [5.41, 5.74) is 3.86. The van der Waals surface area contributed by atoms with Crippen LogP contribution in [-0.2, 0) is 15.0 Å². The van der Waals surface area contributed by atoms with Crippen molar-refractivity contribution in [2.45, 2.75) is 59.8 Å². The second kappa shape index (κ2) is 11.4. The molecule has 2 aliphatic rings. The van der Waals surface area contributed by atoms with E-state index in [1.165, 1.54) is 0 Å². The van der Waals surface area contributed by atoms with Crippen LogP contribution in [0.5, 0.6) is 23.0 Å². The standard InChI is InChI=1S/C39H42N2O4/c1-37(2)23-33(37)35(42)40-27-11-19-31(20-12-27)44-29-15-7-25(8-16-29)39(5,6)26-9-17-30(18-10-26)45-32-21-13-28(14-22-32)41-36(43)34-24-38(34,3)4/h7-22,33-34H,23-24H2,1-6H3,(H,40,42)(H,41,43)/t33-,34-/m1/s1. The van der Waals surface area contributed by atoms with Gasteiger partial charge in [0.15, 0.2) is 0 Å². The lowest BCUT2D eigenvalue weighted by molar-refractivity contribution is -0.118. The van der Waals surface area contributed by atoms with Crippen molar-refractivity contribution in [3.63, 3.8) is 0 Å². The van der Waals surface area contributed by atoms with Gasteiger partial charge in [-0.2, -0.15) is 0 Å². The molecule has 0 aliphatic heterocycles. The molecular weight excluding hydrogens is 560 g/mol. The zero-order valence-electron chi connectivity index (χ0n) is 26.9. The van der Waals surface area contributed by atoms with Gasteiger partial charge in [-0.3, -0.25) is 9.59 Å². The molecule has 2 atom stereocenters. The Kier molecular flexibility index (Phi) is 7.72. The Labute approximate surface area is 266 Å². The summed E-state index contributed by atoms with van der Waals surface area (Å²) in [6.45, 7) is 12.9. The van der Waals surface area contributed by atoms with E-state index in [0.717, 1.165) is 46.8 Å². The minimum absolute atomic E-state index is 0.0831. The number of nitrogens with one attached hydrogen (secondary N) is 2. The first-order valence-corrected chi connectivity index (χ1v) is 15.7. The molecule has 45 heavy (non-hydrogen) atoms. The molecule has 0 heterocycles. The van der Waals surface area contributed by atoms with Gasteiger partial charge in [0.2, 0.25) is 11.8 Å². The van der Waals surface area contributed by atoms with E-state index in [9.17, 15) is 9.59 Å². The number of hydrogen-bond donors (Lipinski definition) is 2. The summed E-state index contributed by atoms with van der Waals surface area (Å²) in [4.78, 5) is 24.8. The van der Waals surface area contributed by atoms with Crippen molar-refractivity contribution in [1.29, 1.82) is 0 Å². The lowest BCUT2D eigenvalue weighted by Gasteiger charge is -2.26. The molecule has 2 N–H and O–H groups in total. The van der Waals surface area contributed by atoms with Crippen molar-refractivity contribution in [2.75, 3.05) is 10.6 Å². The van der Waals surface area contributed by atoms with Gasteiger partial charge < -0.3 is 20.1 Å². The van der Waals surface area contributed by atoms with E-state index in [1.807, 2.05) is 72.8 Å². The van der Waals surface area contributed by atoms with Gasteiger partial charge in [0.05, 0.1) is 0 Å². The Balaban J connectivity index is 1.02. The van der Waals surface area contributed by atoms with Gasteiger partial charge >= 0.3 is 0 Å². The zero-order chi connectivity index (χ0) is 32.0. The molecule has 2 aliphatic carbocycles. The van der Waals surface area contributed by atoms with Crippen molar-refractivity contribution in [3.8, 4) is 23.0 Å². The highest BCUT2D eigenvalue weighted by molar-refractivity contribution is 5.95.